The van der Waals surface area contributed by atoms with Crippen molar-refractivity contribution in [3.05, 3.63) is 73.2 Å². The summed E-state index contributed by atoms with van der Waals surface area (Å²) in [6.07, 6.45) is 0. The molecule has 0 saturated carbocycles. The highest BCUT2D eigenvalue weighted by molar-refractivity contribution is 9.10. The average molecular weight is 384 g/mol. The summed E-state index contributed by atoms with van der Waals surface area (Å²) in [5, 5.41) is 13.7. The molecular formula is C15H12BrClN2O3. The highest BCUT2D eigenvalue weighted by atomic mass is 79.9. The monoisotopic (exact) mass is 382 g/mol. The highest BCUT2D eigenvalue weighted by Crippen LogP contribution is 2.25. The first-order valence-electron chi connectivity index (χ1n) is 6.38. The molecule has 0 aliphatic carbocycles. The van der Waals surface area contributed by atoms with E-state index in [1.54, 1.807) is 0 Å². The van der Waals surface area contributed by atoms with Crippen molar-refractivity contribution in [2.24, 2.45) is 0 Å². The largest absolute Gasteiger partial charge is 0.346 e. The number of nitro groups is 1. The van der Waals surface area contributed by atoms with E-state index in [1.807, 2.05) is 31.2 Å². The Hall–Kier alpha value is -1.92. The Morgan fingerprint density at radius 3 is 2.68 bits per heavy atom. The average Bonchev–Trinajstić information content (AvgIpc) is 2.47. The molecule has 0 saturated heterocycles. The van der Waals surface area contributed by atoms with Gasteiger partial charge in [-0.25, -0.2) is 0 Å². The van der Waals surface area contributed by atoms with Gasteiger partial charge in [-0.2, -0.15) is 0 Å². The number of rotatable bonds is 4. The molecule has 1 atom stereocenters. The standard InChI is InChI=1S/C15H12BrClN2O3/c1-9(10-3-2-4-12(16)7-10)18-15(20)11-5-6-13(17)14(8-11)19(21)22/h2-9H,1H3,(H,18,20). The number of nitrogens with one attached hydrogen (secondary N) is 1. The topological polar surface area (TPSA) is 72.2 Å². The van der Waals surface area contributed by atoms with Crippen molar-refractivity contribution in [2.75, 3.05) is 0 Å². The van der Waals surface area contributed by atoms with Crippen molar-refractivity contribution in [3.63, 3.8) is 0 Å². The zero-order chi connectivity index (χ0) is 16.3. The Labute approximate surface area is 140 Å². The van der Waals surface area contributed by atoms with E-state index in [-0.39, 0.29) is 22.3 Å². The van der Waals surface area contributed by atoms with Crippen molar-refractivity contribution >= 4 is 39.1 Å². The van der Waals surface area contributed by atoms with Crippen molar-refractivity contribution in [1.29, 1.82) is 0 Å². The number of amides is 1. The van der Waals surface area contributed by atoms with Gasteiger partial charge in [0.05, 0.1) is 11.0 Å². The molecule has 1 N–H and O–H groups in total. The fraction of sp³-hybridized carbons (Fsp3) is 0.133. The van der Waals surface area contributed by atoms with Gasteiger partial charge in [0.1, 0.15) is 5.02 Å². The Balaban J connectivity index is 2.19. The molecule has 0 bridgehead atoms. The maximum Gasteiger partial charge on any atom is 0.288 e. The molecular weight excluding hydrogens is 372 g/mol. The molecule has 7 heteroatoms. The molecule has 5 nitrogen and oxygen atoms in total. The molecule has 0 heterocycles. The summed E-state index contributed by atoms with van der Waals surface area (Å²) in [5.41, 5.74) is 0.827. The van der Waals surface area contributed by atoms with Crippen molar-refractivity contribution in [1.82, 2.24) is 5.32 Å². The van der Waals surface area contributed by atoms with E-state index in [1.165, 1.54) is 18.2 Å². The number of carbonyl (C=O) groups excluding carboxylic acids is 1. The summed E-state index contributed by atoms with van der Waals surface area (Å²) >= 11 is 9.11. The second kappa shape index (κ2) is 6.89. The lowest BCUT2D eigenvalue weighted by Crippen LogP contribution is -2.26. The van der Waals surface area contributed by atoms with Gasteiger partial charge in [0.15, 0.2) is 0 Å². The molecule has 0 fully saturated rings. The molecule has 0 aliphatic rings. The van der Waals surface area contributed by atoms with Gasteiger partial charge >= 0.3 is 0 Å². The lowest BCUT2D eigenvalue weighted by molar-refractivity contribution is -0.384. The van der Waals surface area contributed by atoms with Gasteiger partial charge in [0.2, 0.25) is 0 Å². The number of carbonyl (C=O) groups is 1. The minimum Gasteiger partial charge on any atom is -0.346 e. The molecule has 2 aromatic carbocycles. The normalized spacial score (nSPS) is 11.8. The van der Waals surface area contributed by atoms with E-state index in [0.717, 1.165) is 10.0 Å². The summed E-state index contributed by atoms with van der Waals surface area (Å²) in [6.45, 7) is 1.84. The van der Waals surface area contributed by atoms with Crippen LogP contribution in [-0.2, 0) is 0 Å². The molecule has 1 unspecified atom stereocenters. The second-order valence-corrected chi connectivity index (χ2v) is 6.00. The second-order valence-electron chi connectivity index (χ2n) is 4.67. The SMILES string of the molecule is CC(NC(=O)c1ccc(Cl)c([N+](=O)[O-])c1)c1cccc(Br)c1. The van der Waals surface area contributed by atoms with Crippen molar-refractivity contribution in [3.8, 4) is 0 Å². The highest BCUT2D eigenvalue weighted by Gasteiger charge is 2.17. The van der Waals surface area contributed by atoms with Crippen LogP contribution in [0.3, 0.4) is 0 Å². The van der Waals surface area contributed by atoms with Crippen LogP contribution in [0, 0.1) is 10.1 Å². The molecule has 0 spiro atoms. The van der Waals surface area contributed by atoms with Gasteiger partial charge in [0.25, 0.3) is 11.6 Å². The molecule has 2 aromatic rings. The number of benzene rings is 2. The summed E-state index contributed by atoms with van der Waals surface area (Å²) in [7, 11) is 0. The van der Waals surface area contributed by atoms with Crippen LogP contribution in [0.15, 0.2) is 46.9 Å². The summed E-state index contributed by atoms with van der Waals surface area (Å²) in [5.74, 6) is -0.396. The third-order valence-electron chi connectivity index (χ3n) is 3.10. The number of nitrogens with zero attached hydrogens (tertiary/aromatic N) is 1. The van der Waals surface area contributed by atoms with E-state index in [2.05, 4.69) is 21.2 Å². The van der Waals surface area contributed by atoms with Gasteiger partial charge in [-0.05, 0) is 36.8 Å². The van der Waals surface area contributed by atoms with Gasteiger partial charge < -0.3 is 5.32 Å². The summed E-state index contributed by atoms with van der Waals surface area (Å²) in [4.78, 5) is 22.5. The van der Waals surface area contributed by atoms with Gasteiger partial charge in [-0.1, -0.05) is 39.7 Å². The predicted molar refractivity (Wildman–Crippen MR) is 88.1 cm³/mol. The van der Waals surface area contributed by atoms with Crippen LogP contribution in [0.1, 0.15) is 28.9 Å². The smallest absolute Gasteiger partial charge is 0.288 e. The van der Waals surface area contributed by atoms with Gasteiger partial charge in [0, 0.05) is 16.1 Å². The molecule has 22 heavy (non-hydrogen) atoms. The zero-order valence-electron chi connectivity index (χ0n) is 11.5. The maximum absolute atomic E-state index is 12.2. The molecule has 0 radical (unpaired) electrons. The van der Waals surface area contributed by atoms with Crippen LogP contribution in [0.2, 0.25) is 5.02 Å². The van der Waals surface area contributed by atoms with Gasteiger partial charge in [-0.15, -0.1) is 0 Å². The third kappa shape index (κ3) is 3.84. The van der Waals surface area contributed by atoms with Crippen LogP contribution in [0.25, 0.3) is 0 Å². The van der Waals surface area contributed by atoms with Crippen LogP contribution < -0.4 is 5.32 Å². The van der Waals surface area contributed by atoms with Crippen molar-refractivity contribution < 1.29 is 9.72 Å². The number of hydrogen-bond donors (Lipinski definition) is 1. The van der Waals surface area contributed by atoms with Crippen LogP contribution in [0.4, 0.5) is 5.69 Å². The van der Waals surface area contributed by atoms with Crippen LogP contribution >= 0.6 is 27.5 Å². The van der Waals surface area contributed by atoms with E-state index in [0.29, 0.717) is 0 Å². The summed E-state index contributed by atoms with van der Waals surface area (Å²) in [6, 6.07) is 11.3. The Morgan fingerprint density at radius 1 is 1.32 bits per heavy atom. The van der Waals surface area contributed by atoms with E-state index >= 15 is 0 Å². The fourth-order valence-electron chi connectivity index (χ4n) is 1.93. The van der Waals surface area contributed by atoms with Crippen LogP contribution in [0.5, 0.6) is 0 Å². The Bertz CT molecular complexity index is 736. The molecule has 114 valence electrons. The molecule has 1 amide bonds. The first kappa shape index (κ1) is 16.5. The maximum atomic E-state index is 12.2. The quantitative estimate of drug-likeness (QED) is 0.624. The minimum atomic E-state index is -0.614. The fourth-order valence-corrected chi connectivity index (χ4v) is 2.54. The minimum absolute atomic E-state index is 0.00147. The van der Waals surface area contributed by atoms with E-state index in [9.17, 15) is 14.9 Å². The first-order valence-corrected chi connectivity index (χ1v) is 7.56. The van der Waals surface area contributed by atoms with Gasteiger partial charge in [-0.3, -0.25) is 14.9 Å². The van der Waals surface area contributed by atoms with Crippen LogP contribution in [-0.4, -0.2) is 10.8 Å². The zero-order valence-corrected chi connectivity index (χ0v) is 13.9. The van der Waals surface area contributed by atoms with Crippen molar-refractivity contribution in [2.45, 2.75) is 13.0 Å². The Kier molecular flexibility index (Phi) is 5.15. The molecule has 2 rings (SSSR count). The summed E-state index contributed by atoms with van der Waals surface area (Å²) < 4.78 is 0.910. The first-order chi connectivity index (χ1) is 10.4. The van der Waals surface area contributed by atoms with E-state index in [4.69, 9.17) is 11.6 Å². The predicted octanol–water partition coefficient (Wildman–Crippen LogP) is 4.50. The third-order valence-corrected chi connectivity index (χ3v) is 3.91. The number of halogens is 2. The Morgan fingerprint density at radius 2 is 2.05 bits per heavy atom. The van der Waals surface area contributed by atoms with E-state index < -0.39 is 10.8 Å². The number of nitro benzene ring substituents is 1. The lowest BCUT2D eigenvalue weighted by atomic mass is 10.1. The lowest BCUT2D eigenvalue weighted by Gasteiger charge is -2.14. The molecule has 0 aliphatic heterocycles. The molecule has 0 aromatic heterocycles. The number of hydrogen-bond acceptors (Lipinski definition) is 3.